The predicted molar refractivity (Wildman–Crippen MR) is 86.5 cm³/mol. The lowest BCUT2D eigenvalue weighted by Gasteiger charge is -2.33. The number of nitrogens with one attached hydrogen (secondary N) is 1. The molecule has 0 saturated heterocycles. The molecule has 0 aliphatic heterocycles. The van der Waals surface area contributed by atoms with Gasteiger partial charge in [-0.15, -0.1) is 0 Å². The Morgan fingerprint density at radius 3 is 2.50 bits per heavy atom. The molecular formula is C16H27ClN2O. The minimum absolute atomic E-state index is 0.329. The topological polar surface area (TPSA) is 24.5 Å². The van der Waals surface area contributed by atoms with E-state index in [-0.39, 0.29) is 0 Å². The van der Waals surface area contributed by atoms with Crippen LogP contribution in [0.25, 0.3) is 0 Å². The lowest BCUT2D eigenvalue weighted by molar-refractivity contribution is 0.0837. The fourth-order valence-corrected chi connectivity index (χ4v) is 2.38. The van der Waals surface area contributed by atoms with E-state index < -0.39 is 0 Å². The normalized spacial score (nSPS) is 14.5. The van der Waals surface area contributed by atoms with Crippen LogP contribution in [0.1, 0.15) is 31.9 Å². The zero-order valence-electron chi connectivity index (χ0n) is 13.0. The summed E-state index contributed by atoms with van der Waals surface area (Å²) in [4.78, 5) is 2.36. The van der Waals surface area contributed by atoms with Crippen LogP contribution >= 0.6 is 11.6 Å². The van der Waals surface area contributed by atoms with Gasteiger partial charge < -0.3 is 10.1 Å². The van der Waals surface area contributed by atoms with Crippen molar-refractivity contribution >= 4 is 11.6 Å². The van der Waals surface area contributed by atoms with E-state index >= 15 is 0 Å². The molecule has 2 atom stereocenters. The van der Waals surface area contributed by atoms with E-state index in [0.717, 1.165) is 31.1 Å². The highest BCUT2D eigenvalue weighted by Crippen LogP contribution is 2.22. The van der Waals surface area contributed by atoms with Crippen molar-refractivity contribution in [2.75, 3.05) is 33.9 Å². The predicted octanol–water partition coefficient (Wildman–Crippen LogP) is 3.35. The van der Waals surface area contributed by atoms with Gasteiger partial charge in [0.1, 0.15) is 0 Å². The molecule has 0 heterocycles. The van der Waals surface area contributed by atoms with Crippen LogP contribution < -0.4 is 5.32 Å². The van der Waals surface area contributed by atoms with Crippen molar-refractivity contribution in [3.63, 3.8) is 0 Å². The van der Waals surface area contributed by atoms with Crippen LogP contribution in [0, 0.1) is 0 Å². The summed E-state index contributed by atoms with van der Waals surface area (Å²) >= 11 is 5.95. The second-order valence-corrected chi connectivity index (χ2v) is 5.64. The largest absolute Gasteiger partial charge is 0.383 e. The Morgan fingerprint density at radius 2 is 1.95 bits per heavy atom. The number of ether oxygens (including phenoxy) is 1. The number of hydrogen-bond acceptors (Lipinski definition) is 3. The Balaban J connectivity index is 2.66. The summed E-state index contributed by atoms with van der Waals surface area (Å²) in [5, 5.41) is 4.25. The number of nitrogens with zero attached hydrogens (tertiary/aromatic N) is 1. The Hall–Kier alpha value is -0.610. The van der Waals surface area contributed by atoms with Gasteiger partial charge in [0.05, 0.1) is 6.61 Å². The third kappa shape index (κ3) is 5.41. The van der Waals surface area contributed by atoms with Crippen molar-refractivity contribution in [2.24, 2.45) is 0 Å². The Bertz CT molecular complexity index is 369. The molecule has 0 radical (unpaired) electrons. The van der Waals surface area contributed by atoms with Crippen LogP contribution in [0.4, 0.5) is 0 Å². The molecule has 0 amide bonds. The Kier molecular flexibility index (Phi) is 8.15. The molecule has 0 aliphatic carbocycles. The maximum absolute atomic E-state index is 5.95. The molecule has 0 aromatic heterocycles. The first kappa shape index (κ1) is 17.4. The number of likely N-dealkylation sites (N-methyl/N-ethyl adjacent to an activating group) is 1. The van der Waals surface area contributed by atoms with Crippen LogP contribution in [0.3, 0.4) is 0 Å². The van der Waals surface area contributed by atoms with E-state index in [1.54, 1.807) is 7.11 Å². The Labute approximate surface area is 128 Å². The van der Waals surface area contributed by atoms with Crippen molar-refractivity contribution in [2.45, 2.75) is 32.4 Å². The second-order valence-electron chi connectivity index (χ2n) is 5.21. The molecule has 20 heavy (non-hydrogen) atoms. The second kappa shape index (κ2) is 9.35. The van der Waals surface area contributed by atoms with Gasteiger partial charge in [0, 0.05) is 30.8 Å². The molecule has 0 bridgehead atoms. The van der Waals surface area contributed by atoms with Gasteiger partial charge in [-0.05, 0) is 44.6 Å². The number of halogens is 1. The summed E-state index contributed by atoms with van der Waals surface area (Å²) < 4.78 is 5.36. The molecule has 0 aliphatic rings. The SMILES string of the molecule is CCCNCC(COC)N(C)C(C)c1ccc(Cl)cc1. The van der Waals surface area contributed by atoms with Gasteiger partial charge in [0.2, 0.25) is 0 Å². The smallest absolute Gasteiger partial charge is 0.0630 e. The van der Waals surface area contributed by atoms with Crippen LogP contribution in [0.5, 0.6) is 0 Å². The molecule has 1 N–H and O–H groups in total. The zero-order valence-corrected chi connectivity index (χ0v) is 13.8. The minimum atomic E-state index is 0.329. The van der Waals surface area contributed by atoms with Crippen molar-refractivity contribution in [1.29, 1.82) is 0 Å². The maximum atomic E-state index is 5.95. The summed E-state index contributed by atoms with van der Waals surface area (Å²) in [5.41, 5.74) is 1.27. The van der Waals surface area contributed by atoms with Crippen molar-refractivity contribution < 1.29 is 4.74 Å². The third-order valence-corrected chi connectivity index (χ3v) is 3.96. The zero-order chi connectivity index (χ0) is 15.0. The van der Waals surface area contributed by atoms with Gasteiger partial charge in [-0.2, -0.15) is 0 Å². The summed E-state index contributed by atoms with van der Waals surface area (Å²) in [6, 6.07) is 8.76. The fourth-order valence-electron chi connectivity index (χ4n) is 2.25. The summed E-state index contributed by atoms with van der Waals surface area (Å²) in [6.07, 6.45) is 1.15. The van der Waals surface area contributed by atoms with Gasteiger partial charge in [-0.1, -0.05) is 30.7 Å². The van der Waals surface area contributed by atoms with Crippen molar-refractivity contribution in [3.05, 3.63) is 34.9 Å². The highest BCUT2D eigenvalue weighted by molar-refractivity contribution is 6.30. The molecule has 3 nitrogen and oxygen atoms in total. The van der Waals surface area contributed by atoms with E-state index in [0.29, 0.717) is 12.1 Å². The summed E-state index contributed by atoms with van der Waals surface area (Å²) in [6.45, 7) is 7.11. The van der Waals surface area contributed by atoms with Gasteiger partial charge in [0.15, 0.2) is 0 Å². The Morgan fingerprint density at radius 1 is 1.30 bits per heavy atom. The maximum Gasteiger partial charge on any atom is 0.0630 e. The van der Waals surface area contributed by atoms with Gasteiger partial charge in [-0.3, -0.25) is 4.90 Å². The quantitative estimate of drug-likeness (QED) is 0.708. The average Bonchev–Trinajstić information content (AvgIpc) is 2.46. The first-order chi connectivity index (χ1) is 9.60. The van der Waals surface area contributed by atoms with Crippen LogP contribution in [0.15, 0.2) is 24.3 Å². The van der Waals surface area contributed by atoms with E-state index in [1.165, 1.54) is 5.56 Å². The monoisotopic (exact) mass is 298 g/mol. The van der Waals surface area contributed by atoms with Crippen LogP contribution in [-0.2, 0) is 4.74 Å². The van der Waals surface area contributed by atoms with Gasteiger partial charge >= 0.3 is 0 Å². The lowest BCUT2D eigenvalue weighted by Crippen LogP contribution is -2.44. The lowest BCUT2D eigenvalue weighted by atomic mass is 10.1. The van der Waals surface area contributed by atoms with Gasteiger partial charge in [-0.25, -0.2) is 0 Å². The molecule has 2 unspecified atom stereocenters. The molecule has 1 aromatic carbocycles. The van der Waals surface area contributed by atoms with Crippen molar-refractivity contribution in [1.82, 2.24) is 10.2 Å². The number of hydrogen-bond donors (Lipinski definition) is 1. The van der Waals surface area contributed by atoms with E-state index in [4.69, 9.17) is 16.3 Å². The molecule has 4 heteroatoms. The molecule has 0 spiro atoms. The summed E-state index contributed by atoms with van der Waals surface area (Å²) in [5.74, 6) is 0. The standard InChI is InChI=1S/C16H27ClN2O/c1-5-10-18-11-16(12-20-4)19(3)13(2)14-6-8-15(17)9-7-14/h6-9,13,16,18H,5,10-12H2,1-4H3. The van der Waals surface area contributed by atoms with Crippen molar-refractivity contribution in [3.8, 4) is 0 Å². The molecular weight excluding hydrogens is 272 g/mol. The molecule has 0 saturated carbocycles. The van der Waals surface area contributed by atoms with E-state index in [9.17, 15) is 0 Å². The highest BCUT2D eigenvalue weighted by atomic mass is 35.5. The van der Waals surface area contributed by atoms with E-state index in [2.05, 4.69) is 43.2 Å². The fraction of sp³-hybridized carbons (Fsp3) is 0.625. The van der Waals surface area contributed by atoms with E-state index in [1.807, 2.05) is 12.1 Å². The van der Waals surface area contributed by atoms with Gasteiger partial charge in [0.25, 0.3) is 0 Å². The number of benzene rings is 1. The first-order valence-corrected chi connectivity index (χ1v) is 7.65. The average molecular weight is 299 g/mol. The highest BCUT2D eigenvalue weighted by Gasteiger charge is 2.20. The molecule has 114 valence electrons. The molecule has 1 aromatic rings. The molecule has 1 rings (SSSR count). The summed E-state index contributed by atoms with van der Waals surface area (Å²) in [7, 11) is 3.91. The first-order valence-electron chi connectivity index (χ1n) is 7.27. The van der Waals surface area contributed by atoms with Crippen LogP contribution in [-0.4, -0.2) is 44.8 Å². The minimum Gasteiger partial charge on any atom is -0.383 e. The third-order valence-electron chi connectivity index (χ3n) is 3.71. The molecule has 0 fully saturated rings. The number of rotatable bonds is 9. The van der Waals surface area contributed by atoms with Crippen LogP contribution in [0.2, 0.25) is 5.02 Å². The number of methoxy groups -OCH3 is 1.